The van der Waals surface area contributed by atoms with Gasteiger partial charge in [0, 0.05) is 12.6 Å². The topological polar surface area (TPSA) is 131 Å². The number of nitrogens with one attached hydrogen (secondary N) is 2. The number of methoxy groups -OCH3 is 1. The van der Waals surface area contributed by atoms with Gasteiger partial charge in [0.25, 0.3) is 5.56 Å². The van der Waals surface area contributed by atoms with Gasteiger partial charge in [-0.2, -0.15) is 0 Å². The van der Waals surface area contributed by atoms with E-state index in [1.165, 1.54) is 32.1 Å². The number of benzene rings is 1. The molecule has 2 aromatic rings. The number of amides is 2. The first-order chi connectivity index (χ1) is 23.6. The van der Waals surface area contributed by atoms with Gasteiger partial charge in [-0.1, -0.05) is 58.3 Å². The number of carbonyl (C=O) groups excluding carboxylic acids is 3. The van der Waals surface area contributed by atoms with Crippen LogP contribution in [0.15, 0.2) is 23.0 Å². The Morgan fingerprint density at radius 1 is 1.06 bits per heavy atom. The molecule has 270 valence electrons. The molecule has 0 radical (unpaired) electrons. The van der Waals surface area contributed by atoms with Crippen LogP contribution in [0.1, 0.15) is 129 Å². The van der Waals surface area contributed by atoms with Gasteiger partial charge in [-0.3, -0.25) is 14.4 Å². The molecule has 3 aliphatic rings. The first-order valence-corrected chi connectivity index (χ1v) is 19.0. The van der Waals surface area contributed by atoms with Crippen LogP contribution in [-0.4, -0.2) is 64.0 Å². The van der Waals surface area contributed by atoms with E-state index in [1.807, 2.05) is 19.1 Å². The number of hydrogen-bond acceptors (Lipinski definition) is 7. The number of hydrogen-bond donors (Lipinski definition) is 2. The van der Waals surface area contributed by atoms with Crippen LogP contribution in [0.2, 0.25) is 0 Å². The number of aryl methyl sites for hydroxylation is 1. The molecule has 1 aromatic heterocycles. The normalized spacial score (nSPS) is 25.0. The third kappa shape index (κ3) is 9.23. The molecular weight excluding hydrogens is 620 g/mol. The Balaban J connectivity index is 1.15. The van der Waals surface area contributed by atoms with Crippen LogP contribution in [0.4, 0.5) is 4.79 Å². The van der Waals surface area contributed by atoms with Gasteiger partial charge in [0.2, 0.25) is 5.91 Å². The Morgan fingerprint density at radius 3 is 2.59 bits per heavy atom. The molecule has 2 saturated carbocycles. The molecule has 5 atom stereocenters. The SMILES string of the molecule is CC[C@@H]1CCN(C(=O)C(CCC2CCCCC2)NC(=O)OC2(C)CCC[C@H]2CCCCCc2nc3ccc(OC)cc3[nH]c2=O)[C@@H]1C(C)=O. The van der Waals surface area contributed by atoms with E-state index in [4.69, 9.17) is 9.47 Å². The number of nitrogens with zero attached hydrogens (tertiary/aromatic N) is 2. The summed E-state index contributed by atoms with van der Waals surface area (Å²) in [4.78, 5) is 62.1. The molecule has 0 bridgehead atoms. The second kappa shape index (κ2) is 17.0. The monoisotopic (exact) mass is 678 g/mol. The minimum atomic E-state index is -0.691. The lowest BCUT2D eigenvalue weighted by atomic mass is 9.85. The number of H-pyrrole nitrogens is 1. The standard InChI is InChI=1S/C39H58N4O6/c1-5-28-22-24-43(35(28)26(2)44)37(46)33(20-18-27-13-8-6-9-14-27)42-38(47)49-39(3)23-12-16-29(39)15-10-7-11-17-32-36(45)41-34-25-30(48-4)19-21-31(34)40-32/h19,21,25,27-29,33,35H,5-18,20,22-24H2,1-4H3,(H,41,45)(H,42,47)/t28-,29-,33?,35-,39?/m1/s1. The van der Waals surface area contributed by atoms with Crippen LogP contribution in [0, 0.1) is 17.8 Å². The van der Waals surface area contributed by atoms with E-state index in [0.717, 1.165) is 69.7 Å². The number of aromatic nitrogens is 2. The molecule has 5 rings (SSSR count). The summed E-state index contributed by atoms with van der Waals surface area (Å²) < 4.78 is 11.5. The number of fused-ring (bicyclic) bond motifs is 1. The highest BCUT2D eigenvalue weighted by Gasteiger charge is 2.44. The van der Waals surface area contributed by atoms with Gasteiger partial charge < -0.3 is 24.7 Å². The fourth-order valence-corrected chi connectivity index (χ4v) is 8.85. The lowest BCUT2D eigenvalue weighted by molar-refractivity contribution is -0.139. The van der Waals surface area contributed by atoms with E-state index in [-0.39, 0.29) is 29.1 Å². The van der Waals surface area contributed by atoms with Gasteiger partial charge in [-0.15, -0.1) is 0 Å². The van der Waals surface area contributed by atoms with Crippen molar-refractivity contribution in [2.75, 3.05) is 13.7 Å². The van der Waals surface area contributed by atoms with Crippen molar-refractivity contribution in [1.29, 1.82) is 0 Å². The van der Waals surface area contributed by atoms with Crippen LogP contribution in [0.25, 0.3) is 11.0 Å². The highest BCUT2D eigenvalue weighted by molar-refractivity contribution is 5.92. The van der Waals surface area contributed by atoms with Gasteiger partial charge in [-0.25, -0.2) is 9.78 Å². The van der Waals surface area contributed by atoms with Crippen molar-refractivity contribution in [1.82, 2.24) is 20.2 Å². The van der Waals surface area contributed by atoms with Crippen molar-refractivity contribution in [2.24, 2.45) is 17.8 Å². The zero-order valence-electron chi connectivity index (χ0n) is 30.2. The Hall–Kier alpha value is -3.43. The molecule has 1 aliphatic heterocycles. The highest BCUT2D eigenvalue weighted by Crippen LogP contribution is 2.42. The quantitative estimate of drug-likeness (QED) is 0.190. The van der Waals surface area contributed by atoms with Gasteiger partial charge in [0.1, 0.15) is 23.1 Å². The van der Waals surface area contributed by atoms with Crippen molar-refractivity contribution >= 4 is 28.8 Å². The molecule has 2 aliphatic carbocycles. The second-order valence-corrected chi connectivity index (χ2v) is 15.1. The number of rotatable bonds is 15. The average Bonchev–Trinajstić information content (AvgIpc) is 3.69. The lowest BCUT2D eigenvalue weighted by Crippen LogP contribution is -2.53. The Kier molecular flexibility index (Phi) is 12.8. The second-order valence-electron chi connectivity index (χ2n) is 15.1. The fourth-order valence-electron chi connectivity index (χ4n) is 8.85. The van der Waals surface area contributed by atoms with Crippen LogP contribution in [-0.2, 0) is 20.7 Å². The largest absolute Gasteiger partial charge is 0.497 e. The zero-order valence-corrected chi connectivity index (χ0v) is 30.2. The van der Waals surface area contributed by atoms with E-state index in [9.17, 15) is 19.2 Å². The van der Waals surface area contributed by atoms with Crippen LogP contribution in [0.3, 0.4) is 0 Å². The van der Waals surface area contributed by atoms with Gasteiger partial charge in [-0.05, 0) is 102 Å². The number of Topliss-reactive ketones (excluding diaryl/α,β-unsaturated/α-hetero) is 1. The molecule has 10 heteroatoms. The summed E-state index contributed by atoms with van der Waals surface area (Å²) in [7, 11) is 1.59. The maximum atomic E-state index is 14.0. The average molecular weight is 679 g/mol. The van der Waals surface area contributed by atoms with Crippen molar-refractivity contribution in [3.63, 3.8) is 0 Å². The maximum absolute atomic E-state index is 14.0. The molecule has 0 spiro atoms. The van der Waals surface area contributed by atoms with E-state index < -0.39 is 23.8 Å². The van der Waals surface area contributed by atoms with Crippen LogP contribution < -0.4 is 15.6 Å². The highest BCUT2D eigenvalue weighted by atomic mass is 16.6. The Labute approximate surface area is 291 Å². The third-order valence-electron chi connectivity index (χ3n) is 11.8. The maximum Gasteiger partial charge on any atom is 0.408 e. The van der Waals surface area contributed by atoms with Crippen LogP contribution in [0.5, 0.6) is 5.75 Å². The Morgan fingerprint density at radius 2 is 1.86 bits per heavy atom. The van der Waals surface area contributed by atoms with Gasteiger partial charge >= 0.3 is 6.09 Å². The minimum absolute atomic E-state index is 0.0222. The summed E-state index contributed by atoms with van der Waals surface area (Å²) in [6, 6.07) is 4.37. The number of alkyl carbamates (subject to hydrolysis) is 1. The van der Waals surface area contributed by atoms with Crippen molar-refractivity contribution in [3.05, 3.63) is 34.2 Å². The first kappa shape index (κ1) is 36.8. The molecule has 1 saturated heterocycles. The smallest absolute Gasteiger partial charge is 0.408 e. The Bertz CT molecular complexity index is 1500. The van der Waals surface area contributed by atoms with E-state index in [2.05, 4.69) is 22.2 Å². The first-order valence-electron chi connectivity index (χ1n) is 19.0. The summed E-state index contributed by atoms with van der Waals surface area (Å²) in [5.41, 5.74) is 1.20. The zero-order chi connectivity index (χ0) is 35.0. The van der Waals surface area contributed by atoms with Gasteiger partial charge in [0.05, 0.1) is 24.2 Å². The molecular formula is C39H58N4O6. The van der Waals surface area contributed by atoms with E-state index >= 15 is 0 Å². The molecule has 2 amide bonds. The molecule has 1 aromatic carbocycles. The molecule has 2 N–H and O–H groups in total. The summed E-state index contributed by atoms with van der Waals surface area (Å²) in [6.07, 6.45) is 15.8. The van der Waals surface area contributed by atoms with Crippen LogP contribution >= 0.6 is 0 Å². The third-order valence-corrected chi connectivity index (χ3v) is 11.8. The molecule has 2 heterocycles. The van der Waals surface area contributed by atoms with E-state index in [0.29, 0.717) is 42.3 Å². The minimum Gasteiger partial charge on any atom is -0.497 e. The van der Waals surface area contributed by atoms with Crippen molar-refractivity contribution in [3.8, 4) is 5.75 Å². The predicted molar refractivity (Wildman–Crippen MR) is 191 cm³/mol. The summed E-state index contributed by atoms with van der Waals surface area (Å²) in [6.45, 7) is 6.24. The fraction of sp³-hybridized carbons (Fsp3) is 0.718. The number of aromatic amines is 1. The van der Waals surface area contributed by atoms with Gasteiger partial charge in [0.15, 0.2) is 5.78 Å². The summed E-state index contributed by atoms with van der Waals surface area (Å²) >= 11 is 0. The molecule has 10 nitrogen and oxygen atoms in total. The number of unbranched alkanes of at least 4 members (excludes halogenated alkanes) is 2. The predicted octanol–water partition coefficient (Wildman–Crippen LogP) is 7.26. The summed E-state index contributed by atoms with van der Waals surface area (Å²) in [5, 5.41) is 3.01. The lowest BCUT2D eigenvalue weighted by Gasteiger charge is -2.34. The number of likely N-dealkylation sites (tertiary alicyclic amines) is 1. The van der Waals surface area contributed by atoms with Crippen molar-refractivity contribution in [2.45, 2.75) is 148 Å². The molecule has 49 heavy (non-hydrogen) atoms. The van der Waals surface area contributed by atoms with Crippen molar-refractivity contribution < 1.29 is 23.9 Å². The molecule has 3 fully saturated rings. The summed E-state index contributed by atoms with van der Waals surface area (Å²) in [5.74, 6) is 1.53. The molecule has 2 unspecified atom stereocenters. The van der Waals surface area contributed by atoms with E-state index in [1.54, 1.807) is 25.0 Å². The number of ether oxygens (including phenoxy) is 2. The number of carbonyl (C=O) groups is 3. The number of ketones is 1.